The Morgan fingerprint density at radius 2 is 1.82 bits per heavy atom. The Balaban J connectivity index is 1.65. The summed E-state index contributed by atoms with van der Waals surface area (Å²) < 4.78 is 8.19. The van der Waals surface area contributed by atoms with Crippen molar-refractivity contribution in [2.75, 3.05) is 7.11 Å². The van der Waals surface area contributed by atoms with Gasteiger partial charge in [0.1, 0.15) is 11.4 Å². The van der Waals surface area contributed by atoms with Gasteiger partial charge in [0.25, 0.3) is 11.6 Å². The van der Waals surface area contributed by atoms with Crippen molar-refractivity contribution in [2.24, 2.45) is 0 Å². The van der Waals surface area contributed by atoms with Gasteiger partial charge in [0.05, 0.1) is 30.3 Å². The zero-order valence-corrected chi connectivity index (χ0v) is 20.3. The lowest BCUT2D eigenvalue weighted by Crippen LogP contribution is -2.30. The minimum absolute atomic E-state index is 0.0736. The van der Waals surface area contributed by atoms with Crippen LogP contribution in [0.15, 0.2) is 58.7 Å². The van der Waals surface area contributed by atoms with Gasteiger partial charge in [0, 0.05) is 21.9 Å². The van der Waals surface area contributed by atoms with Crippen LogP contribution in [0.3, 0.4) is 0 Å². The number of nitro groups is 1. The van der Waals surface area contributed by atoms with E-state index in [0.29, 0.717) is 11.4 Å². The lowest BCUT2D eigenvalue weighted by Gasteiger charge is -2.14. The Bertz CT molecular complexity index is 1340. The fourth-order valence-electron chi connectivity index (χ4n) is 3.91. The molecule has 2 aromatic carbocycles. The van der Waals surface area contributed by atoms with Crippen LogP contribution in [0.4, 0.5) is 10.5 Å². The van der Waals surface area contributed by atoms with Crippen molar-refractivity contribution in [1.29, 1.82) is 0 Å². The molecule has 1 aliphatic heterocycles. The summed E-state index contributed by atoms with van der Waals surface area (Å²) in [6, 6.07) is 13.2. The van der Waals surface area contributed by atoms with Gasteiger partial charge in [0.2, 0.25) is 0 Å². The third-order valence-corrected chi connectivity index (χ3v) is 6.13. The molecular weight excluding hydrogens is 504 g/mol. The predicted molar refractivity (Wildman–Crippen MR) is 130 cm³/mol. The molecule has 1 saturated heterocycles. The Morgan fingerprint density at radius 3 is 2.47 bits per heavy atom. The van der Waals surface area contributed by atoms with Crippen LogP contribution in [0.2, 0.25) is 0 Å². The first-order chi connectivity index (χ1) is 16.2. The number of amides is 3. The van der Waals surface area contributed by atoms with Gasteiger partial charge in [-0.2, -0.15) is 0 Å². The van der Waals surface area contributed by atoms with Crippen LogP contribution in [0.1, 0.15) is 22.5 Å². The van der Waals surface area contributed by atoms with E-state index in [-0.39, 0.29) is 17.9 Å². The molecule has 3 amide bonds. The van der Waals surface area contributed by atoms with Crippen molar-refractivity contribution in [2.45, 2.75) is 20.4 Å². The minimum Gasteiger partial charge on any atom is -0.494 e. The minimum atomic E-state index is -0.481. The van der Waals surface area contributed by atoms with Crippen LogP contribution in [0.5, 0.6) is 5.75 Å². The average Bonchev–Trinajstić information content (AvgIpc) is 3.23. The number of ether oxygens (including phenoxy) is 1. The number of urea groups is 1. The molecule has 1 aliphatic rings. The maximum atomic E-state index is 12.9. The number of non-ortho nitro benzene ring substituents is 1. The van der Waals surface area contributed by atoms with E-state index in [1.54, 1.807) is 12.1 Å². The molecule has 1 N–H and O–H groups in total. The van der Waals surface area contributed by atoms with E-state index in [4.69, 9.17) is 4.74 Å². The van der Waals surface area contributed by atoms with Crippen molar-refractivity contribution in [3.05, 3.63) is 91.3 Å². The number of carbonyl (C=O) groups excluding carboxylic acids is 2. The highest BCUT2D eigenvalue weighted by Gasteiger charge is 2.33. The second-order valence-electron chi connectivity index (χ2n) is 7.78. The molecule has 0 aliphatic carbocycles. The molecule has 0 saturated carbocycles. The Labute approximate surface area is 203 Å². The molecule has 174 valence electrons. The lowest BCUT2D eigenvalue weighted by molar-refractivity contribution is -0.384. The third kappa shape index (κ3) is 4.32. The highest BCUT2D eigenvalue weighted by molar-refractivity contribution is 9.10. The number of carbonyl (C=O) groups is 2. The second kappa shape index (κ2) is 9.14. The van der Waals surface area contributed by atoms with Crippen LogP contribution >= 0.6 is 15.9 Å². The molecule has 10 heteroatoms. The van der Waals surface area contributed by atoms with Crippen LogP contribution in [-0.2, 0) is 11.3 Å². The van der Waals surface area contributed by atoms with Crippen molar-refractivity contribution in [1.82, 2.24) is 14.8 Å². The van der Waals surface area contributed by atoms with Crippen LogP contribution < -0.4 is 10.1 Å². The molecule has 0 spiro atoms. The maximum Gasteiger partial charge on any atom is 0.329 e. The van der Waals surface area contributed by atoms with Crippen molar-refractivity contribution in [3.8, 4) is 11.4 Å². The Kier molecular flexibility index (Phi) is 6.25. The normalized spacial score (nSPS) is 14.6. The summed E-state index contributed by atoms with van der Waals surface area (Å²) in [4.78, 5) is 37.2. The molecular formula is C24H21BrN4O5. The van der Waals surface area contributed by atoms with Crippen molar-refractivity contribution < 1.29 is 19.2 Å². The quantitative estimate of drug-likeness (QED) is 0.214. The summed E-state index contributed by atoms with van der Waals surface area (Å²) in [7, 11) is 1.45. The molecule has 0 bridgehead atoms. The smallest absolute Gasteiger partial charge is 0.329 e. The molecule has 3 aromatic rings. The van der Waals surface area contributed by atoms with E-state index >= 15 is 0 Å². The number of nitrogens with one attached hydrogen (secondary N) is 1. The second-order valence-corrected chi connectivity index (χ2v) is 8.70. The molecule has 2 heterocycles. The number of nitrogens with zero attached hydrogens (tertiary/aromatic N) is 3. The van der Waals surface area contributed by atoms with Gasteiger partial charge in [-0.15, -0.1) is 0 Å². The zero-order valence-electron chi connectivity index (χ0n) is 18.7. The highest BCUT2D eigenvalue weighted by atomic mass is 79.9. The molecule has 4 rings (SSSR count). The number of benzene rings is 2. The Hall–Kier alpha value is -3.92. The fourth-order valence-corrected chi connectivity index (χ4v) is 4.18. The molecule has 1 fully saturated rings. The number of rotatable bonds is 6. The van der Waals surface area contributed by atoms with Gasteiger partial charge in [-0.3, -0.25) is 19.8 Å². The monoisotopic (exact) mass is 524 g/mol. The SMILES string of the molecule is COc1cc([N+](=O)[O-])ccc1-n1c(C)cc(C=C2NC(=O)N(Cc3ccc(Br)cc3)C2=O)c1C. The molecule has 1 aromatic heterocycles. The number of aromatic nitrogens is 1. The van der Waals surface area contributed by atoms with E-state index in [0.717, 1.165) is 31.9 Å². The molecule has 0 atom stereocenters. The summed E-state index contributed by atoms with van der Waals surface area (Å²) in [6.07, 6.45) is 1.64. The van der Waals surface area contributed by atoms with Crippen LogP contribution in [0.25, 0.3) is 11.8 Å². The van der Waals surface area contributed by atoms with Gasteiger partial charge in [-0.05, 0) is 55.3 Å². The van der Waals surface area contributed by atoms with E-state index in [9.17, 15) is 19.7 Å². The summed E-state index contributed by atoms with van der Waals surface area (Å²) in [6.45, 7) is 3.90. The van der Waals surface area contributed by atoms with Crippen LogP contribution in [0, 0.1) is 24.0 Å². The number of halogens is 1. The first kappa shape index (κ1) is 23.2. The van der Waals surface area contributed by atoms with E-state index in [1.807, 2.05) is 48.7 Å². The molecule has 0 radical (unpaired) electrons. The molecule has 9 nitrogen and oxygen atoms in total. The van der Waals surface area contributed by atoms with Gasteiger partial charge in [0.15, 0.2) is 0 Å². The summed E-state index contributed by atoms with van der Waals surface area (Å²) in [5, 5.41) is 13.8. The standard InChI is InChI=1S/C24H21BrN4O5/c1-14-10-17(15(2)28(14)21-9-8-19(29(32)33)12-22(21)34-3)11-20-23(30)27(24(31)26-20)13-16-4-6-18(25)7-5-16/h4-12H,13H2,1-3H3,(H,26,31). The number of hydrogen-bond acceptors (Lipinski definition) is 5. The van der Waals surface area contributed by atoms with E-state index in [2.05, 4.69) is 21.2 Å². The number of methoxy groups -OCH3 is 1. The first-order valence-corrected chi connectivity index (χ1v) is 11.1. The zero-order chi connectivity index (χ0) is 24.6. The molecule has 34 heavy (non-hydrogen) atoms. The summed E-state index contributed by atoms with van der Waals surface area (Å²) in [5.41, 5.74) is 3.91. The maximum absolute atomic E-state index is 12.9. The average molecular weight is 525 g/mol. The third-order valence-electron chi connectivity index (χ3n) is 5.60. The predicted octanol–water partition coefficient (Wildman–Crippen LogP) is 4.87. The largest absolute Gasteiger partial charge is 0.494 e. The van der Waals surface area contributed by atoms with E-state index < -0.39 is 16.9 Å². The number of aryl methyl sites for hydroxylation is 1. The van der Waals surface area contributed by atoms with Crippen LogP contribution in [-0.4, -0.2) is 33.4 Å². The van der Waals surface area contributed by atoms with Crippen molar-refractivity contribution in [3.63, 3.8) is 0 Å². The first-order valence-electron chi connectivity index (χ1n) is 10.3. The lowest BCUT2D eigenvalue weighted by atomic mass is 10.2. The fraction of sp³-hybridized carbons (Fsp3) is 0.167. The Morgan fingerprint density at radius 1 is 1.12 bits per heavy atom. The van der Waals surface area contributed by atoms with Gasteiger partial charge in [-0.25, -0.2) is 4.79 Å². The molecule has 0 unspecified atom stereocenters. The number of nitro benzene ring substituents is 1. The number of imide groups is 1. The van der Waals surface area contributed by atoms with Gasteiger partial charge >= 0.3 is 6.03 Å². The number of hydrogen-bond donors (Lipinski definition) is 1. The summed E-state index contributed by atoms with van der Waals surface area (Å²) in [5.74, 6) is -0.0632. The van der Waals surface area contributed by atoms with Gasteiger partial charge in [-0.1, -0.05) is 28.1 Å². The summed E-state index contributed by atoms with van der Waals surface area (Å²) >= 11 is 3.37. The highest BCUT2D eigenvalue weighted by Crippen LogP contribution is 2.32. The topological polar surface area (TPSA) is 107 Å². The van der Waals surface area contributed by atoms with Gasteiger partial charge < -0.3 is 14.6 Å². The van der Waals surface area contributed by atoms with Crippen molar-refractivity contribution >= 4 is 39.6 Å². The van der Waals surface area contributed by atoms with E-state index in [1.165, 1.54) is 19.2 Å².